The van der Waals surface area contributed by atoms with Crippen LogP contribution in [0.4, 0.5) is 4.79 Å². The number of carbonyl (C=O) groups excluding carboxylic acids is 3. The Morgan fingerprint density at radius 2 is 1.36 bits per heavy atom. The minimum absolute atomic E-state index is 0.00406. The number of rotatable bonds is 20. The third kappa shape index (κ3) is 12.6. The smallest absolute Gasteiger partial charge is 0.415 e. The number of halogens is 2. The minimum atomic E-state index is -0.533. The van der Waals surface area contributed by atoms with Crippen molar-refractivity contribution in [1.29, 1.82) is 0 Å². The first-order valence-electron chi connectivity index (χ1n) is 22.8. The number of esters is 1. The summed E-state index contributed by atoms with van der Waals surface area (Å²) in [4.78, 5) is 45.3. The molecule has 11 nitrogen and oxygen atoms in total. The normalized spacial score (nSPS) is 18.8. The van der Waals surface area contributed by atoms with Gasteiger partial charge in [0.2, 0.25) is 5.91 Å². The van der Waals surface area contributed by atoms with E-state index in [1.54, 1.807) is 48.4 Å². The summed E-state index contributed by atoms with van der Waals surface area (Å²) in [5.41, 5.74) is 3.98. The number of piperidine rings is 1. The molecule has 5 aromatic rings. The molecule has 0 aromatic heterocycles. The lowest BCUT2D eigenvalue weighted by atomic mass is 9.79. The van der Waals surface area contributed by atoms with E-state index in [0.717, 1.165) is 47.9 Å². The largest absolute Gasteiger partial charge is 0.493 e. The topological polar surface area (TPSA) is 113 Å². The summed E-state index contributed by atoms with van der Waals surface area (Å²) in [6, 6.07) is 35.8. The van der Waals surface area contributed by atoms with Crippen LogP contribution in [0.3, 0.4) is 0 Å². The number of para-hydroxylation sites is 2. The molecule has 2 saturated carbocycles. The van der Waals surface area contributed by atoms with Crippen LogP contribution in [0.15, 0.2) is 115 Å². The zero-order valence-electron chi connectivity index (χ0n) is 37.4. The fraction of sp³-hybridized carbons (Fsp3) is 0.377. The van der Waals surface area contributed by atoms with E-state index >= 15 is 4.79 Å². The zero-order chi connectivity index (χ0) is 46.0. The van der Waals surface area contributed by atoms with Gasteiger partial charge in [0.25, 0.3) is 0 Å². The highest BCUT2D eigenvalue weighted by molar-refractivity contribution is 6.37. The van der Waals surface area contributed by atoms with Gasteiger partial charge in [-0.2, -0.15) is 0 Å². The van der Waals surface area contributed by atoms with Crippen molar-refractivity contribution < 1.29 is 42.8 Å². The van der Waals surface area contributed by atoms with Crippen molar-refractivity contribution in [2.75, 3.05) is 46.6 Å². The Hall–Kier alpha value is -5.75. The molecule has 8 rings (SSSR count). The summed E-state index contributed by atoms with van der Waals surface area (Å²) in [6.07, 6.45) is 4.20. The first-order chi connectivity index (χ1) is 32.1. The molecule has 66 heavy (non-hydrogen) atoms. The lowest BCUT2D eigenvalue weighted by molar-refractivity contribution is -0.139. The average molecular weight is 936 g/mol. The number of hydrogen-bond acceptors (Lipinski definition) is 9. The van der Waals surface area contributed by atoms with Crippen molar-refractivity contribution in [1.82, 2.24) is 9.80 Å². The van der Waals surface area contributed by atoms with E-state index in [1.165, 1.54) is 0 Å². The van der Waals surface area contributed by atoms with Crippen molar-refractivity contribution in [2.45, 2.75) is 64.0 Å². The van der Waals surface area contributed by atoms with Gasteiger partial charge < -0.3 is 38.2 Å². The van der Waals surface area contributed by atoms with Crippen molar-refractivity contribution in [3.63, 3.8) is 0 Å². The molecule has 1 aliphatic heterocycles. The van der Waals surface area contributed by atoms with Crippen LogP contribution < -0.4 is 23.7 Å². The Morgan fingerprint density at radius 1 is 0.697 bits per heavy atom. The Bertz CT molecular complexity index is 2410. The number of ether oxygens (including phenoxy) is 6. The minimum Gasteiger partial charge on any atom is -0.493 e. The van der Waals surface area contributed by atoms with Crippen molar-refractivity contribution in [3.05, 3.63) is 148 Å². The molecule has 1 saturated heterocycles. The van der Waals surface area contributed by atoms with Crippen LogP contribution in [0.2, 0.25) is 10.0 Å². The maximum atomic E-state index is 15.2. The Balaban J connectivity index is 0.969. The van der Waals surface area contributed by atoms with Crippen molar-refractivity contribution in [3.8, 4) is 28.7 Å². The number of nitrogens with zero attached hydrogens (tertiary/aromatic N) is 2. The number of carbonyl (C=O) groups is 3. The molecule has 0 radical (unpaired) electrons. The molecule has 2 amide bonds. The zero-order valence-corrected chi connectivity index (χ0v) is 38.9. The van der Waals surface area contributed by atoms with E-state index in [2.05, 4.69) is 6.07 Å². The highest BCUT2D eigenvalue weighted by atomic mass is 35.5. The number of methoxy groups -OCH3 is 1. The Labute approximate surface area is 396 Å². The van der Waals surface area contributed by atoms with Crippen LogP contribution in [0.5, 0.6) is 28.7 Å². The monoisotopic (exact) mass is 934 g/mol. The van der Waals surface area contributed by atoms with Gasteiger partial charge in [-0.05, 0) is 134 Å². The number of aryl methyl sites for hydroxylation is 2. The molecule has 3 aliphatic rings. The summed E-state index contributed by atoms with van der Waals surface area (Å²) in [5.74, 6) is 1.68. The first kappa shape index (κ1) is 46.8. The van der Waals surface area contributed by atoms with Crippen LogP contribution in [0.25, 0.3) is 0 Å². The van der Waals surface area contributed by atoms with Gasteiger partial charge in [0.15, 0.2) is 5.75 Å². The molecule has 13 heteroatoms. The first-order valence-corrected chi connectivity index (χ1v) is 23.5. The highest BCUT2D eigenvalue weighted by Crippen LogP contribution is 2.42. The maximum Gasteiger partial charge on any atom is 0.415 e. The van der Waals surface area contributed by atoms with Crippen molar-refractivity contribution >= 4 is 41.2 Å². The quantitative estimate of drug-likeness (QED) is 0.0428. The molecule has 0 bridgehead atoms. The van der Waals surface area contributed by atoms with Crippen LogP contribution in [0, 0.1) is 24.7 Å². The Kier molecular flexibility index (Phi) is 15.7. The van der Waals surface area contributed by atoms with Crippen LogP contribution in [0.1, 0.15) is 60.3 Å². The molecule has 3 fully saturated rings. The van der Waals surface area contributed by atoms with E-state index in [9.17, 15) is 9.59 Å². The summed E-state index contributed by atoms with van der Waals surface area (Å²) in [5, 5.41) is 0.892. The standard InChI is InChI=1S/C53H56Cl2N2O9/c1-35-26-48(54)50(49(55)27-35)63-25-24-62-41-19-15-38(16-20-41)45-21-22-56(53(60)66-43-13-7-4-8-14-43)33-47(45)51(58)57(40-17-18-40)32-37-28-36(10-9-23-61-2)29-44(30-37)64-34-39-31-46(39)52(59)65-42-11-5-3-6-12-42/h3-8,11-16,19-20,26-30,39-40,45-47H,9-10,17-18,21-25,31-34H2,1-2H3/t39-,45+,46+,47-/m0/s1. The lowest BCUT2D eigenvalue weighted by Crippen LogP contribution is -2.50. The van der Waals surface area contributed by atoms with E-state index < -0.39 is 12.0 Å². The van der Waals surface area contributed by atoms with Crippen LogP contribution in [-0.4, -0.2) is 80.4 Å². The molecule has 2 aliphatic carbocycles. The molecule has 0 N–H and O–H groups in total. The highest BCUT2D eigenvalue weighted by Gasteiger charge is 2.45. The van der Waals surface area contributed by atoms with Gasteiger partial charge in [-0.25, -0.2) is 4.79 Å². The summed E-state index contributed by atoms with van der Waals surface area (Å²) >= 11 is 12.7. The predicted molar refractivity (Wildman–Crippen MR) is 253 cm³/mol. The number of likely N-dealkylation sites (tertiary alicyclic amines) is 1. The summed E-state index contributed by atoms with van der Waals surface area (Å²) in [7, 11) is 1.69. The summed E-state index contributed by atoms with van der Waals surface area (Å²) < 4.78 is 35.0. The number of amides is 2. The molecule has 1 heterocycles. The fourth-order valence-electron chi connectivity index (χ4n) is 8.62. The molecular formula is C53H56Cl2N2O9. The lowest BCUT2D eigenvalue weighted by Gasteiger charge is -2.40. The predicted octanol–water partition coefficient (Wildman–Crippen LogP) is 10.8. The third-order valence-electron chi connectivity index (χ3n) is 12.3. The second-order valence-corrected chi connectivity index (χ2v) is 18.2. The van der Waals surface area contributed by atoms with Gasteiger partial charge in [0.1, 0.15) is 36.2 Å². The van der Waals surface area contributed by atoms with E-state index in [-0.39, 0.29) is 55.4 Å². The van der Waals surface area contributed by atoms with Crippen molar-refractivity contribution in [2.24, 2.45) is 17.8 Å². The molecule has 5 aromatic carbocycles. The summed E-state index contributed by atoms with van der Waals surface area (Å²) in [6.45, 7) is 4.45. The number of benzene rings is 5. The molecule has 0 unspecified atom stereocenters. The SMILES string of the molecule is COCCCc1cc(CN(C(=O)[C@H]2CN(C(=O)Oc3ccccc3)CC[C@@H]2c2ccc(OCCOc3c(Cl)cc(C)cc3Cl)cc2)C2CC2)cc(OC[C@@H]2C[C@H]2C(=O)Oc2ccccc2)c1. The van der Waals surface area contributed by atoms with E-state index in [0.29, 0.717) is 77.9 Å². The Morgan fingerprint density at radius 3 is 2.05 bits per heavy atom. The van der Waals surface area contributed by atoms with Gasteiger partial charge in [0.05, 0.1) is 28.5 Å². The molecule has 4 atom stereocenters. The van der Waals surface area contributed by atoms with Gasteiger partial charge in [-0.15, -0.1) is 0 Å². The average Bonchev–Trinajstić information content (AvgIpc) is 4.27. The van der Waals surface area contributed by atoms with E-state index in [4.69, 9.17) is 51.6 Å². The molecular weight excluding hydrogens is 879 g/mol. The van der Waals surface area contributed by atoms with Crippen LogP contribution in [-0.2, 0) is 27.3 Å². The second-order valence-electron chi connectivity index (χ2n) is 17.4. The molecule has 346 valence electrons. The third-order valence-corrected chi connectivity index (χ3v) is 12.9. The fourth-order valence-corrected chi connectivity index (χ4v) is 9.32. The van der Waals surface area contributed by atoms with Gasteiger partial charge >= 0.3 is 12.1 Å². The van der Waals surface area contributed by atoms with Gasteiger partial charge in [-0.1, -0.05) is 77.8 Å². The second kappa shape index (κ2) is 22.2. The van der Waals surface area contributed by atoms with Gasteiger partial charge in [0, 0.05) is 45.3 Å². The van der Waals surface area contributed by atoms with E-state index in [1.807, 2.05) is 84.6 Å². The van der Waals surface area contributed by atoms with Gasteiger partial charge in [-0.3, -0.25) is 9.59 Å². The maximum absolute atomic E-state index is 15.2. The number of hydrogen-bond donors (Lipinski definition) is 0. The van der Waals surface area contributed by atoms with Crippen LogP contribution >= 0.6 is 23.2 Å². The molecule has 0 spiro atoms.